The maximum atomic E-state index is 12.1. The van der Waals surface area contributed by atoms with Crippen molar-refractivity contribution in [2.75, 3.05) is 7.11 Å². The van der Waals surface area contributed by atoms with Gasteiger partial charge in [0, 0.05) is 30.8 Å². The lowest BCUT2D eigenvalue weighted by Gasteiger charge is -2.09. The molecule has 1 aliphatic rings. The number of nitrogens with one attached hydrogen (secondary N) is 1. The number of aryl methyl sites for hydroxylation is 1. The summed E-state index contributed by atoms with van der Waals surface area (Å²) in [5.74, 6) is 0.805. The average molecular weight is 285 g/mol. The highest BCUT2D eigenvalue weighted by Gasteiger charge is 2.20. The third-order valence-electron chi connectivity index (χ3n) is 3.68. The molecule has 1 N–H and O–H groups in total. The Morgan fingerprint density at radius 1 is 1.33 bits per heavy atom. The van der Waals surface area contributed by atoms with Crippen molar-refractivity contribution in [3.8, 4) is 17.0 Å². The van der Waals surface area contributed by atoms with Crippen molar-refractivity contribution in [3.05, 3.63) is 46.2 Å². The minimum atomic E-state index is -0.0413. The molecular formula is C16H19N3O2. The number of hydrogen-bond donors (Lipinski definition) is 1. The van der Waals surface area contributed by atoms with E-state index in [9.17, 15) is 4.79 Å². The fourth-order valence-electron chi connectivity index (χ4n) is 2.24. The van der Waals surface area contributed by atoms with E-state index in [1.807, 2.05) is 30.3 Å². The highest BCUT2D eigenvalue weighted by molar-refractivity contribution is 5.60. The van der Waals surface area contributed by atoms with Gasteiger partial charge in [-0.25, -0.2) is 4.68 Å². The van der Waals surface area contributed by atoms with Crippen LogP contribution in [-0.4, -0.2) is 22.9 Å². The summed E-state index contributed by atoms with van der Waals surface area (Å²) in [6.45, 7) is 0.600. The SMILES string of the molecule is COc1ccc(-c2cc(CNC3CC3)c(=O)n(C)n2)cc1. The van der Waals surface area contributed by atoms with E-state index in [-0.39, 0.29) is 5.56 Å². The highest BCUT2D eigenvalue weighted by Crippen LogP contribution is 2.21. The molecule has 110 valence electrons. The number of hydrogen-bond acceptors (Lipinski definition) is 4. The quantitative estimate of drug-likeness (QED) is 0.908. The highest BCUT2D eigenvalue weighted by atomic mass is 16.5. The predicted octanol–water partition coefficient (Wildman–Crippen LogP) is 1.71. The molecule has 1 saturated carbocycles. The van der Waals surface area contributed by atoms with E-state index >= 15 is 0 Å². The zero-order valence-electron chi connectivity index (χ0n) is 12.3. The molecule has 0 saturated heterocycles. The Balaban J connectivity index is 1.91. The summed E-state index contributed by atoms with van der Waals surface area (Å²) in [6, 6.07) is 10.1. The van der Waals surface area contributed by atoms with Crippen LogP contribution in [-0.2, 0) is 13.6 Å². The first-order chi connectivity index (χ1) is 10.2. The molecule has 2 aromatic rings. The van der Waals surface area contributed by atoms with Crippen molar-refractivity contribution in [3.63, 3.8) is 0 Å². The number of benzene rings is 1. The summed E-state index contributed by atoms with van der Waals surface area (Å²) < 4.78 is 6.56. The van der Waals surface area contributed by atoms with Crippen molar-refractivity contribution < 1.29 is 4.74 Å². The van der Waals surface area contributed by atoms with Gasteiger partial charge in [-0.2, -0.15) is 5.10 Å². The fraction of sp³-hybridized carbons (Fsp3) is 0.375. The Morgan fingerprint density at radius 2 is 2.05 bits per heavy atom. The van der Waals surface area contributed by atoms with Gasteiger partial charge in [-0.1, -0.05) is 0 Å². The molecule has 0 amide bonds. The van der Waals surface area contributed by atoms with Crippen LogP contribution in [0.5, 0.6) is 5.75 Å². The van der Waals surface area contributed by atoms with Gasteiger partial charge in [-0.3, -0.25) is 4.79 Å². The van der Waals surface area contributed by atoms with Crippen molar-refractivity contribution in [1.29, 1.82) is 0 Å². The fourth-order valence-corrected chi connectivity index (χ4v) is 2.24. The van der Waals surface area contributed by atoms with Crippen LogP contribution in [0.2, 0.25) is 0 Å². The molecule has 0 spiro atoms. The molecule has 0 radical (unpaired) electrons. The minimum absolute atomic E-state index is 0.0413. The van der Waals surface area contributed by atoms with Gasteiger partial charge in [0.05, 0.1) is 12.8 Å². The molecule has 5 heteroatoms. The van der Waals surface area contributed by atoms with Crippen molar-refractivity contribution >= 4 is 0 Å². The number of rotatable bonds is 5. The third-order valence-corrected chi connectivity index (χ3v) is 3.68. The molecule has 5 nitrogen and oxygen atoms in total. The summed E-state index contributed by atoms with van der Waals surface area (Å²) >= 11 is 0. The van der Waals surface area contributed by atoms with E-state index in [0.29, 0.717) is 12.6 Å². The molecule has 1 heterocycles. The van der Waals surface area contributed by atoms with Crippen LogP contribution < -0.4 is 15.6 Å². The Hall–Kier alpha value is -2.14. The van der Waals surface area contributed by atoms with Gasteiger partial charge < -0.3 is 10.1 Å². The first-order valence-electron chi connectivity index (χ1n) is 7.12. The summed E-state index contributed by atoms with van der Waals surface area (Å²) in [5.41, 5.74) is 2.48. The van der Waals surface area contributed by atoms with E-state index in [4.69, 9.17) is 4.74 Å². The number of methoxy groups -OCH3 is 1. The Morgan fingerprint density at radius 3 is 2.67 bits per heavy atom. The van der Waals surface area contributed by atoms with Crippen LogP contribution in [0.15, 0.2) is 35.1 Å². The molecule has 0 aliphatic heterocycles. The third kappa shape index (κ3) is 3.13. The second kappa shape index (κ2) is 5.69. The van der Waals surface area contributed by atoms with Crippen LogP contribution in [0.25, 0.3) is 11.3 Å². The standard InChI is InChI=1S/C16H19N3O2/c1-19-16(20)12(10-17-13-5-6-13)9-15(18-19)11-3-7-14(21-2)8-4-11/h3-4,7-9,13,17H,5-6,10H2,1-2H3. The van der Waals surface area contributed by atoms with Crippen LogP contribution >= 0.6 is 0 Å². The summed E-state index contributed by atoms with van der Waals surface area (Å²) in [4.78, 5) is 12.1. The van der Waals surface area contributed by atoms with Crippen LogP contribution in [0, 0.1) is 0 Å². The normalized spacial score (nSPS) is 14.2. The van der Waals surface area contributed by atoms with Crippen molar-refractivity contribution in [2.45, 2.75) is 25.4 Å². The summed E-state index contributed by atoms with van der Waals surface area (Å²) in [7, 11) is 3.33. The van der Waals surface area contributed by atoms with Gasteiger partial charge in [0.25, 0.3) is 5.56 Å². The molecular weight excluding hydrogens is 266 g/mol. The molecule has 0 unspecified atom stereocenters. The number of ether oxygens (including phenoxy) is 1. The Labute approximate surface area is 123 Å². The molecule has 1 aliphatic carbocycles. The van der Waals surface area contributed by atoms with Crippen LogP contribution in [0.1, 0.15) is 18.4 Å². The van der Waals surface area contributed by atoms with Gasteiger partial charge in [0.2, 0.25) is 0 Å². The minimum Gasteiger partial charge on any atom is -0.497 e. The van der Waals surface area contributed by atoms with Gasteiger partial charge >= 0.3 is 0 Å². The number of nitrogens with zero attached hydrogens (tertiary/aromatic N) is 2. The Bertz CT molecular complexity index is 688. The largest absolute Gasteiger partial charge is 0.497 e. The zero-order valence-corrected chi connectivity index (χ0v) is 12.3. The lowest BCUT2D eigenvalue weighted by molar-refractivity contribution is 0.415. The van der Waals surface area contributed by atoms with Gasteiger partial charge in [0.1, 0.15) is 5.75 Å². The predicted molar refractivity (Wildman–Crippen MR) is 81.3 cm³/mol. The van der Waals surface area contributed by atoms with Crippen molar-refractivity contribution in [1.82, 2.24) is 15.1 Å². The van der Waals surface area contributed by atoms with Gasteiger partial charge in [-0.05, 0) is 43.2 Å². The summed E-state index contributed by atoms with van der Waals surface area (Å²) in [5, 5.41) is 7.71. The first kappa shape index (κ1) is 13.8. The molecule has 21 heavy (non-hydrogen) atoms. The second-order valence-electron chi connectivity index (χ2n) is 5.37. The lowest BCUT2D eigenvalue weighted by Crippen LogP contribution is -2.28. The second-order valence-corrected chi connectivity index (χ2v) is 5.37. The maximum absolute atomic E-state index is 12.1. The molecule has 1 aromatic carbocycles. The number of aromatic nitrogens is 2. The van der Waals surface area contributed by atoms with Gasteiger partial charge in [-0.15, -0.1) is 0 Å². The molecule has 1 fully saturated rings. The molecule has 3 rings (SSSR count). The van der Waals surface area contributed by atoms with Crippen LogP contribution in [0.4, 0.5) is 0 Å². The maximum Gasteiger partial charge on any atom is 0.271 e. The van der Waals surface area contributed by atoms with Crippen molar-refractivity contribution in [2.24, 2.45) is 7.05 Å². The Kier molecular flexibility index (Phi) is 3.75. The van der Waals surface area contributed by atoms with E-state index in [0.717, 1.165) is 22.6 Å². The van der Waals surface area contributed by atoms with E-state index in [2.05, 4.69) is 10.4 Å². The van der Waals surface area contributed by atoms with Gasteiger partial charge in [0.15, 0.2) is 0 Å². The molecule has 1 aromatic heterocycles. The van der Waals surface area contributed by atoms with Crippen LogP contribution in [0.3, 0.4) is 0 Å². The lowest BCUT2D eigenvalue weighted by atomic mass is 10.1. The van der Waals surface area contributed by atoms with E-state index in [1.165, 1.54) is 17.5 Å². The topological polar surface area (TPSA) is 56.1 Å². The van der Waals surface area contributed by atoms with E-state index < -0.39 is 0 Å². The first-order valence-corrected chi connectivity index (χ1v) is 7.12. The zero-order chi connectivity index (χ0) is 14.8. The van der Waals surface area contributed by atoms with E-state index in [1.54, 1.807) is 14.2 Å². The average Bonchev–Trinajstić information content (AvgIpc) is 3.33. The molecule has 0 atom stereocenters. The monoisotopic (exact) mass is 285 g/mol. The molecule has 0 bridgehead atoms. The summed E-state index contributed by atoms with van der Waals surface area (Å²) in [6.07, 6.45) is 2.41. The smallest absolute Gasteiger partial charge is 0.271 e.